The Hall–Kier alpha value is -2.16. The fraction of sp³-hybridized carbons (Fsp3) is 0.450. The first kappa shape index (κ1) is 20.6. The molecule has 2 aromatic rings. The summed E-state index contributed by atoms with van der Waals surface area (Å²) < 4.78 is 32.8. The number of sulfonamides is 1. The summed E-state index contributed by atoms with van der Waals surface area (Å²) in [4.78, 5) is 15.0. The van der Waals surface area contributed by atoms with Crippen LogP contribution in [0.4, 0.5) is 0 Å². The summed E-state index contributed by atoms with van der Waals surface area (Å²) in [6, 6.07) is 8.79. The van der Waals surface area contributed by atoms with Crippen LogP contribution >= 0.6 is 0 Å². The second-order valence-corrected chi connectivity index (χ2v) is 9.10. The number of likely N-dealkylation sites (N-methyl/N-ethyl adjacent to an activating group) is 1. The number of aryl methyl sites for hydroxylation is 1. The van der Waals surface area contributed by atoms with Crippen LogP contribution in [0.25, 0.3) is 0 Å². The van der Waals surface area contributed by atoms with Gasteiger partial charge in [-0.05, 0) is 63.6 Å². The second kappa shape index (κ2) is 8.46. The molecule has 1 heterocycles. The summed E-state index contributed by atoms with van der Waals surface area (Å²) in [5, 5.41) is 2.93. The topological polar surface area (TPSA) is 91.6 Å². The molecule has 1 aromatic heterocycles. The van der Waals surface area contributed by atoms with Crippen LogP contribution in [0.3, 0.4) is 0 Å². The molecular weight excluding hydrogens is 378 g/mol. The zero-order chi connectivity index (χ0) is 20.3. The Morgan fingerprint density at radius 1 is 1.32 bits per heavy atom. The normalized spacial score (nSPS) is 15.6. The van der Waals surface area contributed by atoms with Gasteiger partial charge in [0, 0.05) is 24.2 Å². The number of hydrogen-bond donors (Lipinski definition) is 2. The minimum absolute atomic E-state index is 0.0513. The number of benzene rings is 1. The van der Waals surface area contributed by atoms with Crippen LogP contribution < -0.4 is 10.0 Å². The number of rotatable bonds is 9. The summed E-state index contributed by atoms with van der Waals surface area (Å²) in [7, 11) is -1.69. The highest BCUT2D eigenvalue weighted by Crippen LogP contribution is 2.26. The van der Waals surface area contributed by atoms with E-state index in [1.165, 1.54) is 31.2 Å². The van der Waals surface area contributed by atoms with Crippen molar-refractivity contribution in [2.24, 2.45) is 0 Å². The van der Waals surface area contributed by atoms with Crippen molar-refractivity contribution >= 4 is 15.9 Å². The first-order valence-electron chi connectivity index (χ1n) is 9.41. The quantitative estimate of drug-likeness (QED) is 0.668. The molecule has 2 N–H and O–H groups in total. The van der Waals surface area contributed by atoms with Crippen LogP contribution in [0, 0.1) is 6.92 Å². The van der Waals surface area contributed by atoms with E-state index in [2.05, 4.69) is 28.9 Å². The molecule has 3 rings (SSSR count). The van der Waals surface area contributed by atoms with Gasteiger partial charge in [0.15, 0.2) is 0 Å². The molecule has 7 nitrogen and oxygen atoms in total. The van der Waals surface area contributed by atoms with Crippen molar-refractivity contribution in [2.75, 3.05) is 13.6 Å². The molecule has 1 aromatic carbocycles. The van der Waals surface area contributed by atoms with Crippen molar-refractivity contribution in [1.29, 1.82) is 0 Å². The molecule has 1 unspecified atom stereocenters. The molecule has 8 heteroatoms. The van der Waals surface area contributed by atoms with Crippen molar-refractivity contribution in [3.05, 3.63) is 53.5 Å². The lowest BCUT2D eigenvalue weighted by Gasteiger charge is -2.24. The van der Waals surface area contributed by atoms with E-state index in [0.717, 1.165) is 5.56 Å². The van der Waals surface area contributed by atoms with Gasteiger partial charge < -0.3 is 9.73 Å². The van der Waals surface area contributed by atoms with Crippen molar-refractivity contribution in [3.8, 4) is 0 Å². The SMILES string of the molecule is Cc1ccc(S(=O)(=O)NCc2ccco2)cc1C(=O)NCC(C)N(C)C1CC1. The Morgan fingerprint density at radius 2 is 2.07 bits per heavy atom. The van der Waals surface area contributed by atoms with Gasteiger partial charge in [-0.2, -0.15) is 0 Å². The number of carbonyl (C=O) groups is 1. The maximum Gasteiger partial charge on any atom is 0.251 e. The highest BCUT2D eigenvalue weighted by atomic mass is 32.2. The number of hydrogen-bond acceptors (Lipinski definition) is 5. The molecule has 1 aliphatic carbocycles. The van der Waals surface area contributed by atoms with Gasteiger partial charge in [-0.25, -0.2) is 13.1 Å². The third kappa shape index (κ3) is 5.01. The minimum Gasteiger partial charge on any atom is -0.468 e. The lowest BCUT2D eigenvalue weighted by Crippen LogP contribution is -2.41. The average Bonchev–Trinajstić information content (AvgIpc) is 3.39. The van der Waals surface area contributed by atoms with Crippen LogP contribution in [-0.2, 0) is 16.6 Å². The molecule has 0 aliphatic heterocycles. The molecule has 1 atom stereocenters. The van der Waals surface area contributed by atoms with E-state index in [4.69, 9.17) is 4.42 Å². The lowest BCUT2D eigenvalue weighted by atomic mass is 10.1. The largest absolute Gasteiger partial charge is 0.468 e. The van der Waals surface area contributed by atoms with Gasteiger partial charge in [-0.15, -0.1) is 0 Å². The third-order valence-electron chi connectivity index (χ3n) is 5.16. The van der Waals surface area contributed by atoms with Gasteiger partial charge in [-0.3, -0.25) is 9.69 Å². The Kier molecular flexibility index (Phi) is 6.22. The van der Waals surface area contributed by atoms with Crippen molar-refractivity contribution < 1.29 is 17.6 Å². The maximum atomic E-state index is 12.6. The summed E-state index contributed by atoms with van der Waals surface area (Å²) in [6.07, 6.45) is 3.90. The number of carbonyl (C=O) groups excluding carboxylic acids is 1. The number of nitrogens with one attached hydrogen (secondary N) is 2. The number of nitrogens with zero attached hydrogens (tertiary/aromatic N) is 1. The summed E-state index contributed by atoms with van der Waals surface area (Å²) in [5.74, 6) is 0.249. The molecule has 0 radical (unpaired) electrons. The summed E-state index contributed by atoms with van der Waals surface area (Å²) in [6.45, 7) is 4.43. The van der Waals surface area contributed by atoms with Gasteiger partial charge in [-0.1, -0.05) is 6.07 Å². The van der Waals surface area contributed by atoms with E-state index in [-0.39, 0.29) is 23.4 Å². The van der Waals surface area contributed by atoms with Gasteiger partial charge in [0.05, 0.1) is 17.7 Å². The molecule has 1 saturated carbocycles. The molecule has 28 heavy (non-hydrogen) atoms. The van der Waals surface area contributed by atoms with Crippen molar-refractivity contribution in [3.63, 3.8) is 0 Å². The molecule has 0 spiro atoms. The molecule has 0 saturated heterocycles. The fourth-order valence-corrected chi connectivity index (χ4v) is 4.02. The predicted octanol–water partition coefficient (Wildman–Crippen LogP) is 2.28. The standard InChI is InChI=1S/C20H27N3O4S/c1-14-6-9-18(28(25,26)22-13-17-5-4-10-27-17)11-19(14)20(24)21-12-15(2)23(3)16-7-8-16/h4-6,9-11,15-16,22H,7-8,12-13H2,1-3H3,(H,21,24). The molecule has 1 aliphatic rings. The van der Waals surface area contributed by atoms with Gasteiger partial charge in [0.2, 0.25) is 10.0 Å². The third-order valence-corrected chi connectivity index (χ3v) is 6.56. The second-order valence-electron chi connectivity index (χ2n) is 7.34. The first-order valence-corrected chi connectivity index (χ1v) is 10.9. The summed E-state index contributed by atoms with van der Waals surface area (Å²) in [5.41, 5.74) is 1.09. The predicted molar refractivity (Wildman–Crippen MR) is 106 cm³/mol. The molecule has 1 fully saturated rings. The van der Waals surface area contributed by atoms with Crippen LogP contribution in [0.5, 0.6) is 0 Å². The summed E-state index contributed by atoms with van der Waals surface area (Å²) >= 11 is 0. The molecule has 152 valence electrons. The Bertz CT molecular complexity index is 921. The van der Waals surface area contributed by atoms with Gasteiger partial charge in [0.25, 0.3) is 5.91 Å². The van der Waals surface area contributed by atoms with E-state index in [9.17, 15) is 13.2 Å². The van der Waals surface area contributed by atoms with Crippen LogP contribution in [0.2, 0.25) is 0 Å². The van der Waals surface area contributed by atoms with Gasteiger partial charge in [0.1, 0.15) is 5.76 Å². The van der Waals surface area contributed by atoms with E-state index in [0.29, 0.717) is 23.9 Å². The van der Waals surface area contributed by atoms with Gasteiger partial charge >= 0.3 is 0 Å². The molecule has 0 bridgehead atoms. The Labute approximate surface area is 166 Å². The lowest BCUT2D eigenvalue weighted by molar-refractivity contribution is 0.0938. The zero-order valence-corrected chi connectivity index (χ0v) is 17.3. The average molecular weight is 406 g/mol. The Morgan fingerprint density at radius 3 is 2.71 bits per heavy atom. The van der Waals surface area contributed by atoms with E-state index >= 15 is 0 Å². The van der Waals surface area contributed by atoms with E-state index in [1.54, 1.807) is 25.1 Å². The van der Waals surface area contributed by atoms with E-state index < -0.39 is 10.0 Å². The van der Waals surface area contributed by atoms with Crippen LogP contribution in [0.15, 0.2) is 45.9 Å². The Balaban J connectivity index is 1.66. The van der Waals surface area contributed by atoms with Crippen molar-refractivity contribution in [1.82, 2.24) is 14.9 Å². The first-order chi connectivity index (χ1) is 13.3. The van der Waals surface area contributed by atoms with Crippen LogP contribution in [-0.4, -0.2) is 44.9 Å². The smallest absolute Gasteiger partial charge is 0.251 e. The molecule has 1 amide bonds. The fourth-order valence-electron chi connectivity index (χ4n) is 3.00. The highest BCUT2D eigenvalue weighted by molar-refractivity contribution is 7.89. The molecular formula is C20H27N3O4S. The maximum absolute atomic E-state index is 12.6. The number of furan rings is 1. The van der Waals surface area contributed by atoms with Crippen LogP contribution in [0.1, 0.15) is 41.4 Å². The van der Waals surface area contributed by atoms with E-state index in [1.807, 2.05) is 0 Å². The zero-order valence-electron chi connectivity index (χ0n) is 16.4. The monoisotopic (exact) mass is 405 g/mol. The minimum atomic E-state index is -3.76. The van der Waals surface area contributed by atoms with Crippen molar-refractivity contribution in [2.45, 2.75) is 50.2 Å². The highest BCUT2D eigenvalue weighted by Gasteiger charge is 2.29. The number of amides is 1.